The van der Waals surface area contributed by atoms with Gasteiger partial charge in [0, 0.05) is 0 Å². The van der Waals surface area contributed by atoms with E-state index in [-0.39, 0.29) is 41.1 Å². The van der Waals surface area contributed by atoms with Crippen molar-refractivity contribution in [3.05, 3.63) is 118 Å². The summed E-state index contributed by atoms with van der Waals surface area (Å²) in [6, 6.07) is 19.6. The van der Waals surface area contributed by atoms with Gasteiger partial charge in [0.1, 0.15) is 0 Å². The van der Waals surface area contributed by atoms with Crippen LogP contribution in [-0.4, -0.2) is 4.21 Å². The van der Waals surface area contributed by atoms with E-state index in [0.29, 0.717) is 5.92 Å². The number of rotatable bonds is 4. The molecule has 0 aromatic heterocycles. The molecule has 1 atom stereocenters. The Hall–Kier alpha value is -2.05. The second kappa shape index (κ2) is 11.0. The molecule has 4 aliphatic rings. The van der Waals surface area contributed by atoms with Crippen LogP contribution in [0.3, 0.4) is 0 Å². The third-order valence-corrected chi connectivity index (χ3v) is 27.2. The van der Waals surface area contributed by atoms with Crippen LogP contribution in [0.15, 0.2) is 78.9 Å². The normalized spacial score (nSPS) is 20.1. The van der Waals surface area contributed by atoms with Crippen LogP contribution < -0.4 is 3.27 Å². The van der Waals surface area contributed by atoms with Crippen LogP contribution in [0.25, 0.3) is 23.3 Å². The minimum absolute atomic E-state index is 0. The number of aryl methyl sites for hydroxylation is 1. The van der Waals surface area contributed by atoms with Crippen molar-refractivity contribution < 1.29 is 18.3 Å². The van der Waals surface area contributed by atoms with Gasteiger partial charge in [-0.3, -0.25) is 0 Å². The number of benzene rings is 3. The van der Waals surface area contributed by atoms with Crippen molar-refractivity contribution in [3.63, 3.8) is 0 Å². The molecule has 4 aliphatic carbocycles. The van der Waals surface area contributed by atoms with Crippen molar-refractivity contribution in [1.29, 1.82) is 0 Å². The molecule has 0 nitrogen and oxygen atoms in total. The molecular weight excluding hydrogens is 679 g/mol. The molecule has 0 fully saturated rings. The number of halogens is 2. The van der Waals surface area contributed by atoms with E-state index < -0.39 is 18.3 Å². The van der Waals surface area contributed by atoms with E-state index in [1.165, 1.54) is 58.9 Å². The minimum atomic E-state index is -4.33. The fourth-order valence-corrected chi connectivity index (χ4v) is 24.5. The first-order valence-corrected chi connectivity index (χ1v) is 24.7. The SMILES string of the molecule is Cl.Cl.[CH2]=[Zr]([CH3])([C]1=CC(C(C)(C)C)=CC1CC)([C]1=Cc2cc3c(cc2C1(C)C)Cc1cc2c(cc1-3)C=CC2(C)C)[c]1ccc(C)cc1. The molecular formula is C43H52Cl2Zr. The average Bonchev–Trinajstić information content (AvgIpc) is 3.69. The second-order valence-electron chi connectivity index (χ2n) is 17.0. The van der Waals surface area contributed by atoms with Gasteiger partial charge in [0.2, 0.25) is 0 Å². The molecule has 0 saturated carbocycles. The predicted molar refractivity (Wildman–Crippen MR) is 205 cm³/mol. The van der Waals surface area contributed by atoms with Crippen molar-refractivity contribution in [1.82, 2.24) is 0 Å². The molecule has 1 unspecified atom stereocenters. The molecule has 0 saturated heterocycles. The van der Waals surface area contributed by atoms with Crippen LogP contribution in [0.5, 0.6) is 0 Å². The number of hydrogen-bond donors (Lipinski definition) is 0. The van der Waals surface area contributed by atoms with Gasteiger partial charge in [-0.1, -0.05) is 0 Å². The zero-order valence-electron chi connectivity index (χ0n) is 29.5. The van der Waals surface area contributed by atoms with Gasteiger partial charge in [-0.15, -0.1) is 24.8 Å². The van der Waals surface area contributed by atoms with E-state index in [4.69, 9.17) is 4.21 Å². The van der Waals surface area contributed by atoms with Crippen LogP contribution in [-0.2, 0) is 35.5 Å². The fourth-order valence-electron chi connectivity index (χ4n) is 9.20. The Labute approximate surface area is 291 Å². The summed E-state index contributed by atoms with van der Waals surface area (Å²) in [5.74, 6) is 0.440. The van der Waals surface area contributed by atoms with E-state index in [0.717, 1.165) is 12.8 Å². The van der Waals surface area contributed by atoms with Gasteiger partial charge in [0.25, 0.3) is 0 Å². The fraction of sp³-hybridized carbons (Fsp3) is 0.372. The summed E-state index contributed by atoms with van der Waals surface area (Å²) in [6.07, 6.45) is 14.6. The van der Waals surface area contributed by atoms with Crippen molar-refractivity contribution in [2.24, 2.45) is 11.3 Å². The van der Waals surface area contributed by atoms with Gasteiger partial charge in [0.05, 0.1) is 0 Å². The number of fused-ring (bicyclic) bond motifs is 5. The summed E-state index contributed by atoms with van der Waals surface area (Å²) in [6.45, 7) is 21.3. The Morgan fingerprint density at radius 2 is 1.43 bits per heavy atom. The van der Waals surface area contributed by atoms with Gasteiger partial charge in [0.15, 0.2) is 0 Å². The van der Waals surface area contributed by atoms with Crippen molar-refractivity contribution in [2.45, 2.75) is 90.6 Å². The molecule has 0 spiro atoms. The van der Waals surface area contributed by atoms with Gasteiger partial charge < -0.3 is 0 Å². The summed E-state index contributed by atoms with van der Waals surface area (Å²) < 4.78 is 12.9. The van der Waals surface area contributed by atoms with Crippen molar-refractivity contribution in [2.75, 3.05) is 0 Å². The molecule has 0 bridgehead atoms. The first kappa shape index (κ1) is 35.3. The molecule has 0 heterocycles. The van der Waals surface area contributed by atoms with E-state index in [2.05, 4.69) is 146 Å². The predicted octanol–water partition coefficient (Wildman–Crippen LogP) is 11.7. The van der Waals surface area contributed by atoms with Gasteiger partial charge in [-0.05, 0) is 0 Å². The Balaban J connectivity index is 0.00000208. The summed E-state index contributed by atoms with van der Waals surface area (Å²) in [4.78, 5) is 0. The Bertz CT molecular complexity index is 1970. The molecule has 0 radical (unpaired) electrons. The monoisotopic (exact) mass is 728 g/mol. The van der Waals surface area contributed by atoms with Gasteiger partial charge in [-0.25, -0.2) is 0 Å². The quantitative estimate of drug-likeness (QED) is 0.196. The standard InChI is InChI=1S/C23H21.C11H17.C7H7.CH3.CH2.2ClH.Zr/c1-22(2)7-5-14-10-18-16(12-20(14)22)9-17-13-21-15(11-19(17)18)6-8-23(21,3)4;1-5-9-6-7-10(8-9)11(2,3)4;1-7-5-3-2-4-6-7;;;;;/h5-7,10-13H,9H2,1-4H3;7-9H,5H2,1-4H3;3-6H,1H3;1H3;1H2;2*1H;. The number of allylic oxidation sites excluding steroid dienone is 6. The topological polar surface area (TPSA) is 0 Å². The van der Waals surface area contributed by atoms with Crippen LogP contribution in [0.4, 0.5) is 0 Å². The van der Waals surface area contributed by atoms with E-state index in [9.17, 15) is 0 Å². The van der Waals surface area contributed by atoms with Crippen LogP contribution in [0.2, 0.25) is 4.63 Å². The molecule has 0 amide bonds. The van der Waals surface area contributed by atoms with E-state index >= 15 is 0 Å². The summed E-state index contributed by atoms with van der Waals surface area (Å²) in [5, 5.41) is 0. The maximum atomic E-state index is 5.56. The average molecular weight is 731 g/mol. The summed E-state index contributed by atoms with van der Waals surface area (Å²) >= 11 is -4.33. The maximum absolute atomic E-state index is 5.56. The summed E-state index contributed by atoms with van der Waals surface area (Å²) in [5.41, 5.74) is 14.5. The van der Waals surface area contributed by atoms with Crippen LogP contribution in [0.1, 0.15) is 101 Å². The van der Waals surface area contributed by atoms with Crippen LogP contribution in [0, 0.1) is 18.3 Å². The molecule has 46 heavy (non-hydrogen) atoms. The Kier molecular flexibility index (Phi) is 8.42. The Morgan fingerprint density at radius 3 is 2.02 bits per heavy atom. The Morgan fingerprint density at radius 1 is 0.848 bits per heavy atom. The molecule has 3 aromatic carbocycles. The molecule has 3 heteroatoms. The third kappa shape index (κ3) is 4.89. The first-order chi connectivity index (χ1) is 20.4. The molecule has 242 valence electrons. The van der Waals surface area contributed by atoms with Crippen molar-refractivity contribution >= 4 is 44.4 Å². The molecule has 3 aromatic rings. The van der Waals surface area contributed by atoms with E-state index in [1.807, 2.05) is 0 Å². The third-order valence-electron chi connectivity index (χ3n) is 12.0. The zero-order valence-corrected chi connectivity index (χ0v) is 33.6. The summed E-state index contributed by atoms with van der Waals surface area (Å²) in [7, 11) is 0. The van der Waals surface area contributed by atoms with Gasteiger partial charge >= 0.3 is 269 Å². The second-order valence-corrected chi connectivity index (χ2v) is 31.0. The number of hydrogen-bond acceptors (Lipinski definition) is 0. The van der Waals surface area contributed by atoms with E-state index in [1.54, 1.807) is 6.56 Å². The molecule has 0 N–H and O–H groups in total. The van der Waals surface area contributed by atoms with Gasteiger partial charge in [-0.2, -0.15) is 0 Å². The van der Waals surface area contributed by atoms with Crippen LogP contribution >= 0.6 is 24.8 Å². The zero-order chi connectivity index (χ0) is 31.6. The van der Waals surface area contributed by atoms with Crippen molar-refractivity contribution in [3.8, 4) is 11.1 Å². The molecule has 7 rings (SSSR count). The first-order valence-electron chi connectivity index (χ1n) is 16.8. The molecule has 0 aliphatic heterocycles.